The number of fused-ring (bicyclic) bond motifs is 4. The van der Waals surface area contributed by atoms with Gasteiger partial charge in [-0.05, 0) is 58.7 Å². The fraction of sp³-hybridized carbons (Fsp3) is 0.120. The lowest BCUT2D eigenvalue weighted by Gasteiger charge is -2.39. The predicted octanol–water partition coefficient (Wildman–Crippen LogP) is 6.05. The monoisotopic (exact) mass is 335 g/mol. The van der Waals surface area contributed by atoms with Crippen molar-refractivity contribution in [2.24, 2.45) is 0 Å². The van der Waals surface area contributed by atoms with E-state index >= 15 is 0 Å². The summed E-state index contributed by atoms with van der Waals surface area (Å²) in [5.74, 6) is 0. The highest BCUT2D eigenvalue weighted by molar-refractivity contribution is 5.91. The number of hydrogen-bond acceptors (Lipinski definition) is 1. The van der Waals surface area contributed by atoms with Gasteiger partial charge in [-0.25, -0.2) is 0 Å². The fourth-order valence-electron chi connectivity index (χ4n) is 4.07. The lowest BCUT2D eigenvalue weighted by Crippen LogP contribution is -2.38. The third-order valence-electron chi connectivity index (χ3n) is 5.43. The van der Waals surface area contributed by atoms with Crippen molar-refractivity contribution in [1.29, 1.82) is 0 Å². The standard InChI is InChI=1S/C25H21N/c1-18-11-13-22(14-12-18)26-17-21-15-19-7-5-6-8-20(19)16-24(21)23-9-3-2-4-10-25(23)26/h2-16,25H,17H2,1H3. The van der Waals surface area contributed by atoms with E-state index in [2.05, 4.69) is 103 Å². The first-order valence-corrected chi connectivity index (χ1v) is 9.20. The SMILES string of the molecule is Cc1ccc(N2Cc3cc4ccccc4cc3C3=CC=CC=CC32)cc1. The highest BCUT2D eigenvalue weighted by Crippen LogP contribution is 2.39. The minimum absolute atomic E-state index is 0.265. The molecule has 3 aromatic rings. The van der Waals surface area contributed by atoms with Gasteiger partial charge in [0.05, 0.1) is 6.04 Å². The van der Waals surface area contributed by atoms with E-state index in [1.54, 1.807) is 0 Å². The number of anilines is 1. The Labute approximate surface area is 154 Å². The van der Waals surface area contributed by atoms with Crippen molar-refractivity contribution in [1.82, 2.24) is 0 Å². The number of allylic oxidation sites excluding steroid dienone is 4. The zero-order valence-electron chi connectivity index (χ0n) is 14.9. The second-order valence-corrected chi connectivity index (χ2v) is 7.16. The average Bonchev–Trinajstić information content (AvgIpc) is 2.93. The van der Waals surface area contributed by atoms with Crippen LogP contribution >= 0.6 is 0 Å². The highest BCUT2D eigenvalue weighted by Gasteiger charge is 2.29. The minimum Gasteiger partial charge on any atom is -0.357 e. The summed E-state index contributed by atoms with van der Waals surface area (Å²) < 4.78 is 0. The molecule has 1 aliphatic heterocycles. The number of aryl methyl sites for hydroxylation is 1. The summed E-state index contributed by atoms with van der Waals surface area (Å²) in [5.41, 5.74) is 6.73. The first-order chi connectivity index (χ1) is 12.8. The Hall–Kier alpha value is -3.06. The van der Waals surface area contributed by atoms with Gasteiger partial charge in [-0.2, -0.15) is 0 Å². The summed E-state index contributed by atoms with van der Waals surface area (Å²) in [7, 11) is 0. The van der Waals surface area contributed by atoms with Gasteiger partial charge in [0.2, 0.25) is 0 Å². The fourth-order valence-corrected chi connectivity index (χ4v) is 4.07. The van der Waals surface area contributed by atoms with Crippen LogP contribution in [0.4, 0.5) is 5.69 Å². The van der Waals surface area contributed by atoms with Crippen LogP contribution in [0.3, 0.4) is 0 Å². The molecule has 1 heterocycles. The Morgan fingerprint density at radius 1 is 0.846 bits per heavy atom. The normalized spacial score (nSPS) is 18.3. The van der Waals surface area contributed by atoms with Crippen LogP contribution in [0.5, 0.6) is 0 Å². The van der Waals surface area contributed by atoms with Crippen LogP contribution in [0.25, 0.3) is 16.3 Å². The van der Waals surface area contributed by atoms with Gasteiger partial charge in [-0.15, -0.1) is 0 Å². The maximum Gasteiger partial charge on any atom is 0.0739 e. The van der Waals surface area contributed by atoms with Crippen LogP contribution in [0.15, 0.2) is 91.0 Å². The van der Waals surface area contributed by atoms with Crippen LogP contribution in [0.1, 0.15) is 16.7 Å². The molecular weight excluding hydrogens is 314 g/mol. The zero-order chi connectivity index (χ0) is 17.5. The predicted molar refractivity (Wildman–Crippen MR) is 111 cm³/mol. The Bertz CT molecular complexity index is 1070. The molecule has 5 rings (SSSR count). The molecule has 0 amide bonds. The maximum atomic E-state index is 2.51. The summed E-state index contributed by atoms with van der Waals surface area (Å²) >= 11 is 0. The van der Waals surface area contributed by atoms with E-state index in [-0.39, 0.29) is 6.04 Å². The maximum absolute atomic E-state index is 2.51. The molecule has 0 aromatic heterocycles. The molecule has 0 fully saturated rings. The van der Waals surface area contributed by atoms with Crippen LogP contribution in [0, 0.1) is 6.92 Å². The summed E-state index contributed by atoms with van der Waals surface area (Å²) in [6.45, 7) is 3.07. The molecule has 1 atom stereocenters. The smallest absolute Gasteiger partial charge is 0.0739 e. The molecule has 1 aliphatic carbocycles. The molecule has 2 aliphatic rings. The Kier molecular flexibility index (Phi) is 3.53. The quantitative estimate of drug-likeness (QED) is 0.523. The Morgan fingerprint density at radius 3 is 2.42 bits per heavy atom. The molecule has 0 N–H and O–H groups in total. The highest BCUT2D eigenvalue weighted by atomic mass is 15.2. The van der Waals surface area contributed by atoms with Crippen molar-refractivity contribution in [3.63, 3.8) is 0 Å². The Balaban J connectivity index is 1.71. The number of hydrogen-bond donors (Lipinski definition) is 0. The molecular formula is C25H21N. The van der Waals surface area contributed by atoms with Gasteiger partial charge in [0.25, 0.3) is 0 Å². The molecule has 0 bridgehead atoms. The Morgan fingerprint density at radius 2 is 1.62 bits per heavy atom. The van der Waals surface area contributed by atoms with Gasteiger partial charge < -0.3 is 4.90 Å². The number of benzene rings is 3. The lowest BCUT2D eigenvalue weighted by molar-refractivity contribution is 0.767. The first kappa shape index (κ1) is 15.2. The van der Waals surface area contributed by atoms with Gasteiger partial charge in [-0.1, -0.05) is 72.3 Å². The second-order valence-electron chi connectivity index (χ2n) is 7.16. The molecule has 26 heavy (non-hydrogen) atoms. The lowest BCUT2D eigenvalue weighted by atomic mass is 9.86. The number of nitrogens with zero attached hydrogens (tertiary/aromatic N) is 1. The molecule has 0 saturated heterocycles. The van der Waals surface area contributed by atoms with Crippen molar-refractivity contribution < 1.29 is 0 Å². The van der Waals surface area contributed by atoms with Crippen LogP contribution in [-0.4, -0.2) is 6.04 Å². The third kappa shape index (κ3) is 2.48. The topological polar surface area (TPSA) is 3.24 Å². The van der Waals surface area contributed by atoms with Gasteiger partial charge in [-0.3, -0.25) is 0 Å². The summed E-state index contributed by atoms with van der Waals surface area (Å²) in [6, 6.07) is 22.5. The van der Waals surface area contributed by atoms with E-state index in [0.29, 0.717) is 0 Å². The van der Waals surface area contributed by atoms with Gasteiger partial charge >= 0.3 is 0 Å². The number of rotatable bonds is 1. The molecule has 1 unspecified atom stereocenters. The molecule has 0 radical (unpaired) electrons. The molecule has 0 saturated carbocycles. The van der Waals surface area contributed by atoms with E-state index in [0.717, 1.165) is 6.54 Å². The molecule has 3 aromatic carbocycles. The first-order valence-electron chi connectivity index (χ1n) is 9.20. The van der Waals surface area contributed by atoms with E-state index in [4.69, 9.17) is 0 Å². The zero-order valence-corrected chi connectivity index (χ0v) is 14.9. The van der Waals surface area contributed by atoms with Gasteiger partial charge in [0.15, 0.2) is 0 Å². The van der Waals surface area contributed by atoms with E-state index in [1.807, 2.05) is 0 Å². The largest absolute Gasteiger partial charge is 0.357 e. The van der Waals surface area contributed by atoms with Crippen LogP contribution in [-0.2, 0) is 6.54 Å². The van der Waals surface area contributed by atoms with E-state index in [9.17, 15) is 0 Å². The van der Waals surface area contributed by atoms with Crippen molar-refractivity contribution in [3.8, 4) is 0 Å². The minimum atomic E-state index is 0.265. The molecule has 1 heteroatoms. The molecule has 1 nitrogen and oxygen atoms in total. The van der Waals surface area contributed by atoms with Crippen molar-refractivity contribution >= 4 is 22.0 Å². The summed E-state index contributed by atoms with van der Waals surface area (Å²) in [5, 5.41) is 2.63. The van der Waals surface area contributed by atoms with Gasteiger partial charge in [0, 0.05) is 12.2 Å². The second kappa shape index (κ2) is 6.03. The van der Waals surface area contributed by atoms with Crippen molar-refractivity contribution in [3.05, 3.63) is 108 Å². The van der Waals surface area contributed by atoms with Crippen LogP contribution in [0.2, 0.25) is 0 Å². The van der Waals surface area contributed by atoms with E-state index < -0.39 is 0 Å². The third-order valence-corrected chi connectivity index (χ3v) is 5.43. The van der Waals surface area contributed by atoms with Crippen molar-refractivity contribution in [2.75, 3.05) is 4.90 Å². The van der Waals surface area contributed by atoms with E-state index in [1.165, 1.54) is 38.7 Å². The summed E-state index contributed by atoms with van der Waals surface area (Å²) in [4.78, 5) is 2.51. The molecule has 0 spiro atoms. The average molecular weight is 335 g/mol. The van der Waals surface area contributed by atoms with Gasteiger partial charge in [0.1, 0.15) is 0 Å². The summed E-state index contributed by atoms with van der Waals surface area (Å²) in [6.07, 6.45) is 11.0. The molecule has 126 valence electrons. The van der Waals surface area contributed by atoms with Crippen molar-refractivity contribution in [2.45, 2.75) is 19.5 Å². The van der Waals surface area contributed by atoms with Crippen LogP contribution < -0.4 is 4.90 Å².